The van der Waals surface area contributed by atoms with Gasteiger partial charge in [0.1, 0.15) is 0 Å². The van der Waals surface area contributed by atoms with Gasteiger partial charge in [-0.05, 0) is 43.8 Å². The average Bonchev–Trinajstić information content (AvgIpc) is 2.44. The number of nitrogens with zero attached hydrogens (tertiary/aromatic N) is 1. The quantitative estimate of drug-likeness (QED) is 0.461. The molecule has 0 amide bonds. The number of hydrogen-bond donors (Lipinski definition) is 2. The molecule has 0 unspecified atom stereocenters. The molecule has 1 atom stereocenters. The summed E-state index contributed by atoms with van der Waals surface area (Å²) >= 11 is 5.12. The third kappa shape index (κ3) is 6.08. The third-order valence-electron chi connectivity index (χ3n) is 2.82. The maximum absolute atomic E-state index is 11.4. The van der Waals surface area contributed by atoms with Gasteiger partial charge in [0.05, 0.1) is 17.2 Å². The Morgan fingerprint density at radius 1 is 1.36 bits per heavy atom. The van der Waals surface area contributed by atoms with Crippen molar-refractivity contribution in [2.75, 3.05) is 20.0 Å². The van der Waals surface area contributed by atoms with Crippen LogP contribution >= 0.6 is 12.2 Å². The largest absolute Gasteiger partial charge is 0.383 e. The SMILES string of the molecule is COC[C@H](C)NC(=S)N/N=C(/C)c1ccc(S(C)(=O)=O)cc1. The fourth-order valence-corrected chi connectivity index (χ4v) is 2.57. The molecule has 0 saturated carbocycles. The molecule has 0 aliphatic rings. The number of ether oxygens (including phenoxy) is 1. The first kappa shape index (κ1) is 18.5. The lowest BCUT2D eigenvalue weighted by Gasteiger charge is -2.14. The summed E-state index contributed by atoms with van der Waals surface area (Å²) in [5.74, 6) is 0. The van der Waals surface area contributed by atoms with Gasteiger partial charge in [0.2, 0.25) is 0 Å². The molecular weight excluding hydrogens is 322 g/mol. The Bertz CT molecular complexity index is 640. The topological polar surface area (TPSA) is 79.8 Å². The molecule has 1 rings (SSSR count). The molecule has 0 heterocycles. The van der Waals surface area contributed by atoms with Crippen LogP contribution in [-0.4, -0.2) is 45.3 Å². The van der Waals surface area contributed by atoms with Crippen molar-refractivity contribution in [1.29, 1.82) is 0 Å². The Kier molecular flexibility index (Phi) is 6.92. The zero-order valence-corrected chi connectivity index (χ0v) is 14.7. The summed E-state index contributed by atoms with van der Waals surface area (Å²) in [6.45, 7) is 4.29. The molecule has 0 saturated heterocycles. The molecule has 6 nitrogen and oxygen atoms in total. The van der Waals surface area contributed by atoms with E-state index in [9.17, 15) is 8.42 Å². The van der Waals surface area contributed by atoms with E-state index >= 15 is 0 Å². The van der Waals surface area contributed by atoms with Gasteiger partial charge in [0, 0.05) is 19.4 Å². The average molecular weight is 343 g/mol. The second-order valence-electron chi connectivity index (χ2n) is 4.94. The standard InChI is InChI=1S/C14H21N3O3S2/c1-10(9-20-3)15-14(21)17-16-11(2)12-5-7-13(8-6-12)22(4,18)19/h5-8,10H,9H2,1-4H3,(H2,15,17,21)/b16-11-/t10-/m0/s1. The van der Waals surface area contributed by atoms with Gasteiger partial charge in [-0.1, -0.05) is 12.1 Å². The lowest BCUT2D eigenvalue weighted by Crippen LogP contribution is -2.40. The zero-order valence-electron chi connectivity index (χ0n) is 13.1. The predicted molar refractivity (Wildman–Crippen MR) is 92.0 cm³/mol. The van der Waals surface area contributed by atoms with Gasteiger partial charge in [-0.3, -0.25) is 5.43 Å². The molecule has 0 aromatic heterocycles. The molecule has 122 valence electrons. The number of rotatable bonds is 6. The Morgan fingerprint density at radius 3 is 2.45 bits per heavy atom. The van der Waals surface area contributed by atoms with Gasteiger partial charge in [0.15, 0.2) is 14.9 Å². The van der Waals surface area contributed by atoms with Gasteiger partial charge in [0.25, 0.3) is 0 Å². The summed E-state index contributed by atoms with van der Waals surface area (Å²) in [6, 6.07) is 6.61. The van der Waals surface area contributed by atoms with E-state index in [1.165, 1.54) is 6.26 Å². The van der Waals surface area contributed by atoms with Crippen LogP contribution in [0.4, 0.5) is 0 Å². The van der Waals surface area contributed by atoms with Gasteiger partial charge >= 0.3 is 0 Å². The van der Waals surface area contributed by atoms with Crippen LogP contribution in [-0.2, 0) is 14.6 Å². The second kappa shape index (κ2) is 8.21. The highest BCUT2D eigenvalue weighted by molar-refractivity contribution is 7.90. The van der Waals surface area contributed by atoms with Crippen LogP contribution in [0.3, 0.4) is 0 Å². The van der Waals surface area contributed by atoms with Gasteiger partial charge in [-0.15, -0.1) is 0 Å². The third-order valence-corrected chi connectivity index (χ3v) is 4.16. The number of hydrogen-bond acceptors (Lipinski definition) is 5. The van der Waals surface area contributed by atoms with E-state index in [1.807, 2.05) is 13.8 Å². The van der Waals surface area contributed by atoms with Crippen molar-refractivity contribution >= 4 is 32.9 Å². The summed E-state index contributed by atoms with van der Waals surface area (Å²) < 4.78 is 27.8. The minimum atomic E-state index is -3.19. The number of benzene rings is 1. The Labute approximate surface area is 136 Å². The minimum absolute atomic E-state index is 0.0783. The number of methoxy groups -OCH3 is 1. The van der Waals surface area contributed by atoms with Crippen LogP contribution in [0.2, 0.25) is 0 Å². The van der Waals surface area contributed by atoms with Crippen LogP contribution in [0.1, 0.15) is 19.4 Å². The fraction of sp³-hybridized carbons (Fsp3) is 0.429. The first-order valence-corrected chi connectivity index (χ1v) is 8.94. The van der Waals surface area contributed by atoms with E-state index in [1.54, 1.807) is 31.4 Å². The summed E-state index contributed by atoms with van der Waals surface area (Å²) in [6.07, 6.45) is 1.18. The van der Waals surface area contributed by atoms with Crippen molar-refractivity contribution in [3.05, 3.63) is 29.8 Å². The molecule has 1 aromatic carbocycles. The lowest BCUT2D eigenvalue weighted by molar-refractivity contribution is 0.179. The van der Waals surface area contributed by atoms with Crippen LogP contribution in [0, 0.1) is 0 Å². The van der Waals surface area contributed by atoms with E-state index in [-0.39, 0.29) is 10.9 Å². The van der Waals surface area contributed by atoms with Crippen LogP contribution in [0.5, 0.6) is 0 Å². The highest BCUT2D eigenvalue weighted by atomic mass is 32.2. The molecule has 0 radical (unpaired) electrons. The lowest BCUT2D eigenvalue weighted by atomic mass is 10.1. The maximum atomic E-state index is 11.4. The van der Waals surface area contributed by atoms with Crippen LogP contribution in [0.15, 0.2) is 34.3 Å². The Balaban J connectivity index is 2.67. The van der Waals surface area contributed by atoms with Crippen LogP contribution < -0.4 is 10.7 Å². The van der Waals surface area contributed by atoms with E-state index < -0.39 is 9.84 Å². The van der Waals surface area contributed by atoms with Crippen molar-refractivity contribution in [3.63, 3.8) is 0 Å². The van der Waals surface area contributed by atoms with Crippen molar-refractivity contribution in [2.24, 2.45) is 5.10 Å². The maximum Gasteiger partial charge on any atom is 0.187 e. The van der Waals surface area contributed by atoms with Crippen LogP contribution in [0.25, 0.3) is 0 Å². The Hall–Kier alpha value is -1.51. The number of nitrogens with one attached hydrogen (secondary N) is 2. The molecule has 0 fully saturated rings. The van der Waals surface area contributed by atoms with E-state index in [0.29, 0.717) is 17.4 Å². The number of thiocarbonyl (C=S) groups is 1. The first-order chi connectivity index (χ1) is 10.2. The molecule has 0 bridgehead atoms. The predicted octanol–water partition coefficient (Wildman–Crippen LogP) is 1.31. The fourth-order valence-electron chi connectivity index (χ4n) is 1.69. The second-order valence-corrected chi connectivity index (χ2v) is 7.36. The number of sulfone groups is 1. The van der Waals surface area contributed by atoms with E-state index in [4.69, 9.17) is 17.0 Å². The zero-order chi connectivity index (χ0) is 16.8. The van der Waals surface area contributed by atoms with Crippen molar-refractivity contribution in [2.45, 2.75) is 24.8 Å². The molecule has 2 N–H and O–H groups in total. The van der Waals surface area contributed by atoms with E-state index in [2.05, 4.69) is 15.8 Å². The summed E-state index contributed by atoms with van der Waals surface area (Å²) in [7, 11) is -1.57. The molecule has 1 aromatic rings. The van der Waals surface area contributed by atoms with E-state index in [0.717, 1.165) is 5.56 Å². The van der Waals surface area contributed by atoms with Crippen molar-refractivity contribution < 1.29 is 13.2 Å². The highest BCUT2D eigenvalue weighted by Crippen LogP contribution is 2.10. The summed E-state index contributed by atoms with van der Waals surface area (Å²) in [5.41, 5.74) is 4.26. The molecule has 22 heavy (non-hydrogen) atoms. The molecule has 8 heteroatoms. The summed E-state index contributed by atoms with van der Waals surface area (Å²) in [4.78, 5) is 0.280. The monoisotopic (exact) mass is 343 g/mol. The molecule has 0 aliphatic carbocycles. The Morgan fingerprint density at radius 2 is 1.95 bits per heavy atom. The smallest absolute Gasteiger partial charge is 0.187 e. The van der Waals surface area contributed by atoms with Crippen molar-refractivity contribution in [1.82, 2.24) is 10.7 Å². The first-order valence-electron chi connectivity index (χ1n) is 6.64. The number of hydrazone groups is 1. The molecular formula is C14H21N3O3S2. The minimum Gasteiger partial charge on any atom is -0.383 e. The van der Waals surface area contributed by atoms with Gasteiger partial charge in [-0.25, -0.2) is 8.42 Å². The summed E-state index contributed by atoms with van der Waals surface area (Å²) in [5, 5.41) is 7.60. The van der Waals surface area contributed by atoms with Gasteiger partial charge < -0.3 is 10.1 Å². The normalized spacial score (nSPS) is 13.5. The molecule has 0 aliphatic heterocycles. The van der Waals surface area contributed by atoms with Gasteiger partial charge in [-0.2, -0.15) is 5.10 Å². The van der Waals surface area contributed by atoms with Crippen molar-refractivity contribution in [3.8, 4) is 0 Å². The highest BCUT2D eigenvalue weighted by Gasteiger charge is 2.07. The molecule has 0 spiro atoms.